The van der Waals surface area contributed by atoms with Crippen LogP contribution in [0.5, 0.6) is 0 Å². The van der Waals surface area contributed by atoms with Crippen LogP contribution in [0.4, 0.5) is 5.69 Å². The maximum Gasteiger partial charge on any atom is 0.306 e. The van der Waals surface area contributed by atoms with Crippen LogP contribution in [-0.2, 0) is 9.59 Å². The van der Waals surface area contributed by atoms with Crippen LogP contribution in [0.25, 0.3) is 0 Å². The first kappa shape index (κ1) is 18.0. The van der Waals surface area contributed by atoms with Crippen LogP contribution >= 0.6 is 0 Å². The highest BCUT2D eigenvalue weighted by molar-refractivity contribution is 5.97. The van der Waals surface area contributed by atoms with Gasteiger partial charge in [0.15, 0.2) is 0 Å². The fraction of sp³-hybridized carbons (Fsp3) is 0.500. The Morgan fingerprint density at radius 3 is 2.42 bits per heavy atom. The van der Waals surface area contributed by atoms with Crippen LogP contribution in [0.2, 0.25) is 0 Å². The van der Waals surface area contributed by atoms with E-state index in [0.29, 0.717) is 43.5 Å². The second kappa shape index (κ2) is 8.47. The number of hydrogen-bond donors (Lipinski definition) is 3. The molecule has 3 N–H and O–H groups in total. The Morgan fingerprint density at radius 2 is 1.79 bits per heavy atom. The van der Waals surface area contributed by atoms with E-state index in [1.54, 1.807) is 24.3 Å². The zero-order valence-electron chi connectivity index (χ0n) is 13.9. The molecule has 2 rings (SSSR count). The summed E-state index contributed by atoms with van der Waals surface area (Å²) in [7, 11) is 0. The number of anilines is 1. The summed E-state index contributed by atoms with van der Waals surface area (Å²) in [6, 6.07) is 6.85. The first-order valence-corrected chi connectivity index (χ1v) is 8.43. The molecule has 6 nitrogen and oxygen atoms in total. The molecular weight excluding hydrogens is 308 g/mol. The van der Waals surface area contributed by atoms with Crippen LogP contribution < -0.4 is 10.6 Å². The molecule has 1 aromatic carbocycles. The predicted octanol–water partition coefficient (Wildman–Crippen LogP) is 2.66. The second-order valence-electron chi connectivity index (χ2n) is 6.21. The minimum atomic E-state index is -0.778. The summed E-state index contributed by atoms with van der Waals surface area (Å²) in [5, 5.41) is 14.6. The number of benzene rings is 1. The molecule has 0 atom stereocenters. The van der Waals surface area contributed by atoms with E-state index in [-0.39, 0.29) is 23.7 Å². The Morgan fingerprint density at radius 1 is 1.12 bits per heavy atom. The van der Waals surface area contributed by atoms with Crippen molar-refractivity contribution >= 4 is 23.5 Å². The Kier molecular flexibility index (Phi) is 6.35. The largest absolute Gasteiger partial charge is 0.481 e. The van der Waals surface area contributed by atoms with Crippen LogP contribution in [0.15, 0.2) is 24.3 Å². The van der Waals surface area contributed by atoms with Gasteiger partial charge in [-0.1, -0.05) is 13.0 Å². The molecule has 0 spiro atoms. The quantitative estimate of drug-likeness (QED) is 0.746. The molecule has 1 saturated carbocycles. The minimum absolute atomic E-state index is 0.107. The topological polar surface area (TPSA) is 95.5 Å². The highest BCUT2D eigenvalue weighted by Crippen LogP contribution is 2.29. The molecule has 1 aliphatic carbocycles. The summed E-state index contributed by atoms with van der Waals surface area (Å²) in [4.78, 5) is 35.3. The molecule has 0 unspecified atom stereocenters. The van der Waals surface area contributed by atoms with Crippen molar-refractivity contribution in [1.82, 2.24) is 5.32 Å². The Bertz CT molecular complexity index is 607. The van der Waals surface area contributed by atoms with Gasteiger partial charge >= 0.3 is 5.97 Å². The molecule has 0 radical (unpaired) electrons. The van der Waals surface area contributed by atoms with E-state index < -0.39 is 5.97 Å². The van der Waals surface area contributed by atoms with Crippen LogP contribution in [0.1, 0.15) is 49.4 Å². The number of rotatable bonds is 6. The predicted molar refractivity (Wildman–Crippen MR) is 90.8 cm³/mol. The lowest BCUT2D eigenvalue weighted by Crippen LogP contribution is -2.29. The molecular formula is C18H24N2O4. The van der Waals surface area contributed by atoms with Gasteiger partial charge < -0.3 is 15.7 Å². The molecule has 1 aliphatic rings. The van der Waals surface area contributed by atoms with Crippen molar-refractivity contribution in [2.45, 2.75) is 39.0 Å². The number of hydrogen-bond acceptors (Lipinski definition) is 3. The van der Waals surface area contributed by atoms with E-state index in [1.807, 2.05) is 6.92 Å². The van der Waals surface area contributed by atoms with E-state index in [0.717, 1.165) is 6.42 Å². The van der Waals surface area contributed by atoms with E-state index in [4.69, 9.17) is 5.11 Å². The highest BCUT2D eigenvalue weighted by atomic mass is 16.4. The molecule has 1 fully saturated rings. The summed E-state index contributed by atoms with van der Waals surface area (Å²) < 4.78 is 0. The molecule has 1 aromatic rings. The molecule has 0 aliphatic heterocycles. The van der Waals surface area contributed by atoms with Gasteiger partial charge in [-0.25, -0.2) is 0 Å². The Balaban J connectivity index is 1.92. The van der Waals surface area contributed by atoms with Crippen molar-refractivity contribution in [1.29, 1.82) is 0 Å². The maximum absolute atomic E-state index is 12.3. The smallest absolute Gasteiger partial charge is 0.306 e. The summed E-state index contributed by atoms with van der Waals surface area (Å²) in [6.45, 7) is 2.60. The van der Waals surface area contributed by atoms with Crippen molar-refractivity contribution in [3.05, 3.63) is 29.8 Å². The van der Waals surface area contributed by atoms with Crippen LogP contribution in [-0.4, -0.2) is 29.4 Å². The van der Waals surface area contributed by atoms with Crippen LogP contribution in [0, 0.1) is 11.8 Å². The zero-order valence-corrected chi connectivity index (χ0v) is 13.9. The summed E-state index contributed by atoms with van der Waals surface area (Å²) in [5.41, 5.74) is 1.10. The summed E-state index contributed by atoms with van der Waals surface area (Å²) >= 11 is 0. The first-order valence-electron chi connectivity index (χ1n) is 8.43. The van der Waals surface area contributed by atoms with E-state index >= 15 is 0 Å². The average molecular weight is 332 g/mol. The van der Waals surface area contributed by atoms with Gasteiger partial charge in [0.2, 0.25) is 5.91 Å². The molecule has 24 heavy (non-hydrogen) atoms. The van der Waals surface area contributed by atoms with Crippen molar-refractivity contribution in [3.63, 3.8) is 0 Å². The van der Waals surface area contributed by atoms with Crippen molar-refractivity contribution in [2.24, 2.45) is 11.8 Å². The molecule has 0 aromatic heterocycles. The number of carboxylic acid groups (broad SMARTS) is 1. The van der Waals surface area contributed by atoms with E-state index in [9.17, 15) is 14.4 Å². The maximum atomic E-state index is 12.3. The number of amides is 2. The normalized spacial score (nSPS) is 20.2. The summed E-state index contributed by atoms with van der Waals surface area (Å²) in [5.74, 6) is -1.54. The standard InChI is InChI=1S/C18H24N2O4/c1-2-10-19-16(21)14-4-3-5-15(11-14)20-17(22)12-6-8-13(9-7-12)18(23)24/h3-5,11-13H,2,6-10H2,1H3,(H,19,21)(H,20,22)(H,23,24). The highest BCUT2D eigenvalue weighted by Gasteiger charge is 2.29. The molecule has 2 amide bonds. The molecule has 0 saturated heterocycles. The monoisotopic (exact) mass is 332 g/mol. The third-order valence-electron chi connectivity index (χ3n) is 4.38. The van der Waals surface area contributed by atoms with Gasteiger partial charge in [0.05, 0.1) is 5.92 Å². The summed E-state index contributed by atoms with van der Waals surface area (Å²) in [6.07, 6.45) is 3.10. The number of nitrogens with one attached hydrogen (secondary N) is 2. The van der Waals surface area contributed by atoms with E-state index in [1.165, 1.54) is 0 Å². The number of carbonyl (C=O) groups is 3. The minimum Gasteiger partial charge on any atom is -0.481 e. The lowest BCUT2D eigenvalue weighted by Gasteiger charge is -2.25. The molecule has 0 bridgehead atoms. The van der Waals surface area contributed by atoms with Gasteiger partial charge in [-0.3, -0.25) is 14.4 Å². The fourth-order valence-electron chi connectivity index (χ4n) is 2.93. The molecule has 130 valence electrons. The SMILES string of the molecule is CCCNC(=O)c1cccc(NC(=O)C2CCC(C(=O)O)CC2)c1. The van der Waals surface area contributed by atoms with Crippen molar-refractivity contribution in [2.75, 3.05) is 11.9 Å². The lowest BCUT2D eigenvalue weighted by molar-refractivity contribution is -0.143. The van der Waals surface area contributed by atoms with Crippen LogP contribution in [0.3, 0.4) is 0 Å². The Labute approximate surface area is 141 Å². The number of carboxylic acids is 1. The van der Waals surface area contributed by atoms with Gasteiger partial charge in [-0.05, 0) is 50.3 Å². The first-order chi connectivity index (χ1) is 11.5. The third-order valence-corrected chi connectivity index (χ3v) is 4.38. The Hall–Kier alpha value is -2.37. The second-order valence-corrected chi connectivity index (χ2v) is 6.21. The number of aliphatic carboxylic acids is 1. The fourth-order valence-corrected chi connectivity index (χ4v) is 2.93. The third kappa shape index (κ3) is 4.81. The van der Waals surface area contributed by atoms with Crippen molar-refractivity contribution in [3.8, 4) is 0 Å². The zero-order chi connectivity index (χ0) is 17.5. The van der Waals surface area contributed by atoms with Gasteiger partial charge in [0, 0.05) is 23.7 Å². The number of carbonyl (C=O) groups excluding carboxylic acids is 2. The molecule has 0 heterocycles. The van der Waals surface area contributed by atoms with Crippen molar-refractivity contribution < 1.29 is 19.5 Å². The van der Waals surface area contributed by atoms with Gasteiger partial charge in [-0.15, -0.1) is 0 Å². The van der Waals surface area contributed by atoms with E-state index in [2.05, 4.69) is 10.6 Å². The van der Waals surface area contributed by atoms with Gasteiger partial charge in [0.1, 0.15) is 0 Å². The lowest BCUT2D eigenvalue weighted by atomic mass is 9.81. The average Bonchev–Trinajstić information content (AvgIpc) is 2.60. The molecule has 6 heteroatoms. The van der Waals surface area contributed by atoms with Gasteiger partial charge in [0.25, 0.3) is 5.91 Å². The van der Waals surface area contributed by atoms with Gasteiger partial charge in [-0.2, -0.15) is 0 Å².